The molecule has 1 saturated heterocycles. The SMILES string of the molecule is COc1ccc(C(=O)Nc2ccc(OC)c(S(=O)(=O)N3CCOCC3)c2)cc1Cl. The van der Waals surface area contributed by atoms with Crippen LogP contribution in [0.3, 0.4) is 0 Å². The number of ether oxygens (including phenoxy) is 3. The lowest BCUT2D eigenvalue weighted by Gasteiger charge is -2.26. The number of hydrogen-bond donors (Lipinski definition) is 1. The number of sulfonamides is 1. The highest BCUT2D eigenvalue weighted by Crippen LogP contribution is 2.31. The summed E-state index contributed by atoms with van der Waals surface area (Å²) in [4.78, 5) is 12.5. The van der Waals surface area contributed by atoms with Gasteiger partial charge in [-0.2, -0.15) is 4.31 Å². The van der Waals surface area contributed by atoms with Crippen molar-refractivity contribution in [2.75, 3.05) is 45.8 Å². The molecule has 10 heteroatoms. The van der Waals surface area contributed by atoms with E-state index in [1.54, 1.807) is 18.2 Å². The molecule has 0 saturated carbocycles. The molecule has 1 fully saturated rings. The molecular weight excluding hydrogens is 420 g/mol. The van der Waals surface area contributed by atoms with Gasteiger partial charge in [0.15, 0.2) is 0 Å². The van der Waals surface area contributed by atoms with Crippen molar-refractivity contribution in [2.24, 2.45) is 0 Å². The number of carbonyl (C=O) groups excluding carboxylic acids is 1. The summed E-state index contributed by atoms with van der Waals surface area (Å²) in [7, 11) is -0.929. The van der Waals surface area contributed by atoms with Gasteiger partial charge in [0.1, 0.15) is 16.4 Å². The molecule has 0 bridgehead atoms. The van der Waals surface area contributed by atoms with E-state index in [0.29, 0.717) is 35.2 Å². The summed E-state index contributed by atoms with van der Waals surface area (Å²) >= 11 is 6.07. The monoisotopic (exact) mass is 440 g/mol. The van der Waals surface area contributed by atoms with Crippen LogP contribution in [0.4, 0.5) is 5.69 Å². The molecule has 156 valence electrons. The third kappa shape index (κ3) is 4.64. The third-order valence-corrected chi connectivity index (χ3v) is 6.64. The number of halogens is 1. The fourth-order valence-corrected chi connectivity index (χ4v) is 4.74. The van der Waals surface area contributed by atoms with Crippen LogP contribution in [0.1, 0.15) is 10.4 Å². The first kappa shape index (κ1) is 21.4. The molecule has 0 unspecified atom stereocenters. The molecule has 3 rings (SSSR count). The molecule has 0 radical (unpaired) electrons. The maximum atomic E-state index is 13.0. The lowest BCUT2D eigenvalue weighted by molar-refractivity contribution is 0.0729. The van der Waals surface area contributed by atoms with Crippen LogP contribution in [0, 0.1) is 0 Å². The smallest absolute Gasteiger partial charge is 0.255 e. The van der Waals surface area contributed by atoms with Crippen LogP contribution in [0.25, 0.3) is 0 Å². The van der Waals surface area contributed by atoms with E-state index in [1.807, 2.05) is 0 Å². The average Bonchev–Trinajstić information content (AvgIpc) is 2.74. The van der Waals surface area contributed by atoms with Gasteiger partial charge < -0.3 is 19.5 Å². The van der Waals surface area contributed by atoms with Gasteiger partial charge in [-0.25, -0.2) is 8.42 Å². The third-order valence-electron chi connectivity index (χ3n) is 4.42. The van der Waals surface area contributed by atoms with E-state index in [4.69, 9.17) is 25.8 Å². The van der Waals surface area contributed by atoms with Gasteiger partial charge in [-0.1, -0.05) is 11.6 Å². The van der Waals surface area contributed by atoms with Gasteiger partial charge in [0.2, 0.25) is 10.0 Å². The number of anilines is 1. The second kappa shape index (κ2) is 9.00. The topological polar surface area (TPSA) is 94.2 Å². The number of rotatable bonds is 6. The lowest BCUT2D eigenvalue weighted by Crippen LogP contribution is -2.40. The second-order valence-corrected chi connectivity index (χ2v) is 8.50. The molecule has 1 aliphatic heterocycles. The second-order valence-electron chi connectivity index (χ2n) is 6.19. The Labute approximate surface area is 174 Å². The predicted octanol–water partition coefficient (Wildman–Crippen LogP) is 2.63. The van der Waals surface area contributed by atoms with E-state index in [1.165, 1.54) is 36.7 Å². The van der Waals surface area contributed by atoms with E-state index >= 15 is 0 Å². The van der Waals surface area contributed by atoms with Crippen LogP contribution in [-0.2, 0) is 14.8 Å². The molecule has 2 aromatic rings. The van der Waals surface area contributed by atoms with Gasteiger partial charge >= 0.3 is 0 Å². The summed E-state index contributed by atoms with van der Waals surface area (Å²) in [5.41, 5.74) is 0.624. The van der Waals surface area contributed by atoms with Gasteiger partial charge in [-0.05, 0) is 36.4 Å². The van der Waals surface area contributed by atoms with E-state index in [-0.39, 0.29) is 23.7 Å². The Morgan fingerprint density at radius 2 is 1.72 bits per heavy atom. The van der Waals surface area contributed by atoms with Crippen molar-refractivity contribution in [2.45, 2.75) is 4.90 Å². The van der Waals surface area contributed by atoms with Crippen molar-refractivity contribution in [3.8, 4) is 11.5 Å². The molecule has 0 atom stereocenters. The van der Waals surface area contributed by atoms with Crippen molar-refractivity contribution in [1.82, 2.24) is 4.31 Å². The molecule has 1 N–H and O–H groups in total. The largest absolute Gasteiger partial charge is 0.495 e. The van der Waals surface area contributed by atoms with E-state index in [9.17, 15) is 13.2 Å². The van der Waals surface area contributed by atoms with Crippen molar-refractivity contribution < 1.29 is 27.4 Å². The Balaban J connectivity index is 1.88. The van der Waals surface area contributed by atoms with Crippen molar-refractivity contribution in [3.63, 3.8) is 0 Å². The number of nitrogens with zero attached hydrogens (tertiary/aromatic N) is 1. The van der Waals surface area contributed by atoms with Crippen LogP contribution in [0.5, 0.6) is 11.5 Å². The molecule has 0 aliphatic carbocycles. The highest BCUT2D eigenvalue weighted by molar-refractivity contribution is 7.89. The maximum absolute atomic E-state index is 13.0. The zero-order valence-corrected chi connectivity index (χ0v) is 17.5. The van der Waals surface area contributed by atoms with Gasteiger partial charge in [0.05, 0.1) is 32.5 Å². The first-order chi connectivity index (χ1) is 13.9. The molecule has 1 aliphatic rings. The summed E-state index contributed by atoms with van der Waals surface area (Å²) in [6.45, 7) is 1.17. The minimum atomic E-state index is -3.80. The zero-order valence-electron chi connectivity index (χ0n) is 16.0. The summed E-state index contributed by atoms with van der Waals surface area (Å²) in [5.74, 6) is 0.211. The van der Waals surface area contributed by atoms with E-state index < -0.39 is 15.9 Å². The van der Waals surface area contributed by atoms with Crippen LogP contribution >= 0.6 is 11.6 Å². The Morgan fingerprint density at radius 1 is 1.07 bits per heavy atom. The summed E-state index contributed by atoms with van der Waals surface area (Å²) < 4.78 is 42.9. The zero-order chi connectivity index (χ0) is 21.0. The first-order valence-electron chi connectivity index (χ1n) is 8.77. The lowest BCUT2D eigenvalue weighted by atomic mass is 10.2. The highest BCUT2D eigenvalue weighted by atomic mass is 35.5. The van der Waals surface area contributed by atoms with Crippen molar-refractivity contribution in [3.05, 3.63) is 47.0 Å². The Hall–Kier alpha value is -2.33. The van der Waals surface area contributed by atoms with Gasteiger partial charge in [0, 0.05) is 24.3 Å². The predicted molar refractivity (Wildman–Crippen MR) is 109 cm³/mol. The fourth-order valence-electron chi connectivity index (χ4n) is 2.89. The average molecular weight is 441 g/mol. The fraction of sp³-hybridized carbons (Fsp3) is 0.316. The molecular formula is C19H21ClN2O6S. The standard InChI is InChI=1S/C19H21ClN2O6S/c1-26-16-5-3-13(11-15(16)20)19(23)21-14-4-6-17(27-2)18(12-14)29(24,25)22-7-9-28-10-8-22/h3-6,11-12H,7-10H2,1-2H3,(H,21,23). The number of methoxy groups -OCH3 is 2. The van der Waals surface area contributed by atoms with Gasteiger partial charge in [-0.15, -0.1) is 0 Å². The minimum absolute atomic E-state index is 0.0209. The molecule has 29 heavy (non-hydrogen) atoms. The van der Waals surface area contributed by atoms with Crippen molar-refractivity contribution >= 4 is 33.2 Å². The maximum Gasteiger partial charge on any atom is 0.255 e. The number of carbonyl (C=O) groups is 1. The van der Waals surface area contributed by atoms with E-state index in [2.05, 4.69) is 5.32 Å². The number of benzene rings is 2. The number of hydrogen-bond acceptors (Lipinski definition) is 6. The van der Waals surface area contributed by atoms with E-state index in [0.717, 1.165) is 0 Å². The first-order valence-corrected chi connectivity index (χ1v) is 10.6. The number of morpholine rings is 1. The van der Waals surface area contributed by atoms with Crippen LogP contribution < -0.4 is 14.8 Å². The quantitative estimate of drug-likeness (QED) is 0.742. The molecule has 1 heterocycles. The van der Waals surface area contributed by atoms with Crippen LogP contribution in [-0.4, -0.2) is 59.2 Å². The molecule has 1 amide bonds. The van der Waals surface area contributed by atoms with Crippen molar-refractivity contribution in [1.29, 1.82) is 0 Å². The summed E-state index contributed by atoms with van der Waals surface area (Å²) in [6.07, 6.45) is 0. The van der Waals surface area contributed by atoms with Gasteiger partial charge in [0.25, 0.3) is 5.91 Å². The molecule has 8 nitrogen and oxygen atoms in total. The van der Waals surface area contributed by atoms with Gasteiger partial charge in [-0.3, -0.25) is 4.79 Å². The number of amides is 1. The summed E-state index contributed by atoms with van der Waals surface area (Å²) in [6, 6.07) is 9.08. The Bertz CT molecular complexity index is 1010. The molecule has 0 aromatic heterocycles. The highest BCUT2D eigenvalue weighted by Gasteiger charge is 2.29. The molecule has 0 spiro atoms. The Morgan fingerprint density at radius 3 is 2.34 bits per heavy atom. The Kier molecular flexibility index (Phi) is 6.63. The number of nitrogens with one attached hydrogen (secondary N) is 1. The normalized spacial score (nSPS) is 15.0. The van der Waals surface area contributed by atoms with Crippen LogP contribution in [0.2, 0.25) is 5.02 Å². The molecule has 2 aromatic carbocycles. The summed E-state index contributed by atoms with van der Waals surface area (Å²) in [5, 5.41) is 2.98. The minimum Gasteiger partial charge on any atom is -0.495 e. The van der Waals surface area contributed by atoms with Crippen LogP contribution in [0.15, 0.2) is 41.3 Å².